The van der Waals surface area contributed by atoms with Crippen molar-refractivity contribution in [1.29, 1.82) is 0 Å². The average molecular weight is 320 g/mol. The van der Waals surface area contributed by atoms with E-state index in [1.807, 2.05) is 0 Å². The van der Waals surface area contributed by atoms with Crippen molar-refractivity contribution < 1.29 is 31.1 Å². The highest BCUT2D eigenvalue weighted by Gasteiger charge is 2.41. The molecule has 2 aromatic rings. The molecule has 118 valence electrons. The molecule has 0 aromatic heterocycles. The molecule has 0 heterocycles. The molecule has 0 spiro atoms. The molecule has 0 N–H and O–H groups in total. The van der Waals surface area contributed by atoms with Crippen LogP contribution in [0, 0.1) is 23.3 Å². The second kappa shape index (κ2) is 5.90. The summed E-state index contributed by atoms with van der Waals surface area (Å²) in [5.74, 6) is -6.21. The minimum atomic E-state index is -4.43. The maximum absolute atomic E-state index is 13.9. The van der Waals surface area contributed by atoms with Gasteiger partial charge >= 0.3 is 6.11 Å². The van der Waals surface area contributed by atoms with Crippen molar-refractivity contribution in [2.75, 3.05) is 0 Å². The third-order valence-electron chi connectivity index (χ3n) is 2.88. The number of ether oxygens (including phenoxy) is 1. The molecule has 0 aliphatic carbocycles. The predicted molar refractivity (Wildman–Crippen MR) is 66.6 cm³/mol. The van der Waals surface area contributed by atoms with Crippen molar-refractivity contribution in [3.63, 3.8) is 0 Å². The highest BCUT2D eigenvalue weighted by atomic mass is 19.3. The summed E-state index contributed by atoms with van der Waals surface area (Å²) in [5, 5.41) is 0. The first-order valence-corrected chi connectivity index (χ1v) is 6.24. The summed E-state index contributed by atoms with van der Waals surface area (Å²) in [6, 6.07) is 2.91. The van der Waals surface area contributed by atoms with Gasteiger partial charge in [0.15, 0.2) is 0 Å². The highest BCUT2D eigenvalue weighted by Crippen LogP contribution is 2.35. The van der Waals surface area contributed by atoms with Crippen molar-refractivity contribution in [3.05, 3.63) is 64.7 Å². The van der Waals surface area contributed by atoms with E-state index in [1.165, 1.54) is 0 Å². The van der Waals surface area contributed by atoms with Gasteiger partial charge in [0, 0.05) is 18.2 Å². The second-order valence-electron chi connectivity index (χ2n) is 4.51. The Balaban J connectivity index is 2.42. The lowest BCUT2D eigenvalue weighted by Gasteiger charge is -2.20. The van der Waals surface area contributed by atoms with Crippen molar-refractivity contribution in [2.45, 2.75) is 19.5 Å². The molecule has 1 nitrogen and oxygen atoms in total. The van der Waals surface area contributed by atoms with Gasteiger partial charge in [-0.25, -0.2) is 17.6 Å². The van der Waals surface area contributed by atoms with Gasteiger partial charge in [-0.05, 0) is 24.1 Å². The molecule has 0 bridgehead atoms. The van der Waals surface area contributed by atoms with Crippen molar-refractivity contribution >= 4 is 0 Å². The Bertz CT molecular complexity index is 655. The fourth-order valence-corrected chi connectivity index (χ4v) is 1.89. The van der Waals surface area contributed by atoms with Gasteiger partial charge in [-0.3, -0.25) is 0 Å². The molecule has 22 heavy (non-hydrogen) atoms. The third kappa shape index (κ3) is 3.35. The number of benzene rings is 2. The van der Waals surface area contributed by atoms with Gasteiger partial charge in [0.25, 0.3) is 0 Å². The van der Waals surface area contributed by atoms with E-state index >= 15 is 0 Å². The van der Waals surface area contributed by atoms with Crippen LogP contribution in [0.1, 0.15) is 18.1 Å². The van der Waals surface area contributed by atoms with E-state index < -0.39 is 40.7 Å². The monoisotopic (exact) mass is 320 g/mol. The minimum Gasteiger partial charge on any atom is -0.429 e. The first kappa shape index (κ1) is 16.2. The van der Waals surface area contributed by atoms with Gasteiger partial charge < -0.3 is 4.74 Å². The molecule has 2 aromatic carbocycles. The van der Waals surface area contributed by atoms with Gasteiger partial charge in [0.2, 0.25) is 0 Å². The Morgan fingerprint density at radius 2 is 1.36 bits per heavy atom. The lowest BCUT2D eigenvalue weighted by atomic mass is 10.1. The predicted octanol–water partition coefficient (Wildman–Crippen LogP) is 4.93. The van der Waals surface area contributed by atoms with Crippen LogP contribution in [-0.2, 0) is 12.5 Å². The number of hydrogen-bond acceptors (Lipinski definition) is 1. The molecular formula is C15H10F6O. The molecule has 0 fully saturated rings. The molecule has 0 saturated heterocycles. The van der Waals surface area contributed by atoms with Crippen LogP contribution in [0.25, 0.3) is 0 Å². The Morgan fingerprint density at radius 3 is 1.82 bits per heavy atom. The zero-order chi connectivity index (χ0) is 16.5. The summed E-state index contributed by atoms with van der Waals surface area (Å²) >= 11 is 0. The summed E-state index contributed by atoms with van der Waals surface area (Å²) in [6.45, 7) is 1.60. The normalized spacial score (nSPS) is 11.6. The fraction of sp³-hybridized carbons (Fsp3) is 0.200. The maximum atomic E-state index is 13.9. The SMILES string of the molecule is CCc1cc(F)c(C(F)(F)Oc2cc(F)cc(F)c2)c(F)c1. The van der Waals surface area contributed by atoms with Gasteiger partial charge in [0.05, 0.1) is 0 Å². The van der Waals surface area contributed by atoms with E-state index in [0.717, 1.165) is 12.1 Å². The maximum Gasteiger partial charge on any atom is 0.432 e. The number of rotatable bonds is 4. The van der Waals surface area contributed by atoms with Crippen LogP contribution >= 0.6 is 0 Å². The molecule has 0 saturated carbocycles. The van der Waals surface area contributed by atoms with Crippen LogP contribution in [-0.4, -0.2) is 0 Å². The van der Waals surface area contributed by atoms with E-state index in [4.69, 9.17) is 0 Å². The van der Waals surface area contributed by atoms with E-state index in [0.29, 0.717) is 18.2 Å². The van der Waals surface area contributed by atoms with Gasteiger partial charge in [-0.2, -0.15) is 8.78 Å². The summed E-state index contributed by atoms with van der Waals surface area (Å²) in [5.41, 5.74) is -1.43. The molecule has 0 amide bonds. The lowest BCUT2D eigenvalue weighted by molar-refractivity contribution is -0.189. The molecule has 0 unspecified atom stereocenters. The van der Waals surface area contributed by atoms with E-state index in [9.17, 15) is 26.3 Å². The first-order chi connectivity index (χ1) is 10.2. The molecule has 0 aliphatic rings. The second-order valence-corrected chi connectivity index (χ2v) is 4.51. The van der Waals surface area contributed by atoms with Crippen LogP contribution in [0.5, 0.6) is 5.75 Å². The molecule has 0 aliphatic heterocycles. The van der Waals surface area contributed by atoms with E-state index in [1.54, 1.807) is 6.92 Å². The largest absolute Gasteiger partial charge is 0.432 e. The quantitative estimate of drug-likeness (QED) is 0.726. The molecule has 0 radical (unpaired) electrons. The lowest BCUT2D eigenvalue weighted by Crippen LogP contribution is -2.25. The first-order valence-electron chi connectivity index (χ1n) is 6.24. The number of alkyl halides is 2. The zero-order valence-electron chi connectivity index (χ0n) is 11.3. The van der Waals surface area contributed by atoms with Crippen LogP contribution in [0.3, 0.4) is 0 Å². The Kier molecular flexibility index (Phi) is 4.35. The average Bonchev–Trinajstić information content (AvgIpc) is 2.35. The third-order valence-corrected chi connectivity index (χ3v) is 2.88. The highest BCUT2D eigenvalue weighted by molar-refractivity contribution is 5.31. The Hall–Kier alpha value is -2.18. The van der Waals surface area contributed by atoms with Crippen LogP contribution in [0.4, 0.5) is 26.3 Å². The summed E-state index contributed by atoms with van der Waals surface area (Å²) < 4.78 is 85.2. The molecule has 2 rings (SSSR count). The van der Waals surface area contributed by atoms with Crippen LogP contribution in [0.15, 0.2) is 30.3 Å². The number of aryl methyl sites for hydroxylation is 1. The van der Waals surface area contributed by atoms with Crippen LogP contribution in [0.2, 0.25) is 0 Å². The standard InChI is InChI=1S/C15H10F6O/c1-2-8-3-12(18)14(13(19)4-8)15(20,21)22-11-6-9(16)5-10(17)7-11/h3-7H,2H2,1H3. The van der Waals surface area contributed by atoms with Crippen molar-refractivity contribution in [1.82, 2.24) is 0 Å². The van der Waals surface area contributed by atoms with Crippen LogP contribution < -0.4 is 4.74 Å². The Morgan fingerprint density at radius 1 is 0.864 bits per heavy atom. The number of hydrogen-bond donors (Lipinski definition) is 0. The molecular weight excluding hydrogens is 310 g/mol. The van der Waals surface area contributed by atoms with E-state index in [2.05, 4.69) is 4.74 Å². The fourth-order valence-electron chi connectivity index (χ4n) is 1.89. The topological polar surface area (TPSA) is 9.23 Å². The zero-order valence-corrected chi connectivity index (χ0v) is 11.3. The smallest absolute Gasteiger partial charge is 0.429 e. The van der Waals surface area contributed by atoms with Crippen molar-refractivity contribution in [3.8, 4) is 5.75 Å². The minimum absolute atomic E-state index is 0.186. The summed E-state index contributed by atoms with van der Waals surface area (Å²) in [7, 11) is 0. The van der Waals surface area contributed by atoms with Gasteiger partial charge in [0.1, 0.15) is 34.6 Å². The Labute approximate surface area is 122 Å². The van der Waals surface area contributed by atoms with E-state index in [-0.39, 0.29) is 12.0 Å². The van der Waals surface area contributed by atoms with Gasteiger partial charge in [-0.15, -0.1) is 0 Å². The van der Waals surface area contributed by atoms with Crippen molar-refractivity contribution in [2.24, 2.45) is 0 Å². The van der Waals surface area contributed by atoms with Gasteiger partial charge in [-0.1, -0.05) is 6.92 Å². The molecule has 7 heteroatoms. The molecule has 0 atom stereocenters. The summed E-state index contributed by atoms with van der Waals surface area (Å²) in [6.07, 6.45) is -4.18. The number of halogens is 6. The summed E-state index contributed by atoms with van der Waals surface area (Å²) in [4.78, 5) is 0.